The van der Waals surface area contributed by atoms with Gasteiger partial charge in [0.15, 0.2) is 23.5 Å². The Kier molecular flexibility index (Phi) is 6.95. The SMILES string of the molecule is CCCn1c(=O)n([C@@H]2O[C@H](OC(C)=O)[C@@H](F)[C@H]2OC(C)=O)c2nc(NC(C)=O)nc(OC)c21. The Morgan fingerprint density at radius 1 is 1.15 bits per heavy atom. The van der Waals surface area contributed by atoms with Gasteiger partial charge in [0.25, 0.3) is 0 Å². The van der Waals surface area contributed by atoms with E-state index in [0.29, 0.717) is 6.42 Å². The summed E-state index contributed by atoms with van der Waals surface area (Å²) in [6.07, 6.45) is -6.44. The van der Waals surface area contributed by atoms with Crippen LogP contribution >= 0.6 is 0 Å². The number of anilines is 1. The van der Waals surface area contributed by atoms with E-state index in [0.717, 1.165) is 18.4 Å². The highest BCUT2D eigenvalue weighted by Crippen LogP contribution is 2.36. The molecule has 1 saturated heterocycles. The number of amides is 1. The van der Waals surface area contributed by atoms with Gasteiger partial charge in [-0.15, -0.1) is 0 Å². The Morgan fingerprint density at radius 2 is 1.82 bits per heavy atom. The third-order valence-corrected chi connectivity index (χ3v) is 4.66. The fourth-order valence-corrected chi connectivity index (χ4v) is 3.54. The zero-order valence-electron chi connectivity index (χ0n) is 18.7. The summed E-state index contributed by atoms with van der Waals surface area (Å²) in [5.74, 6) is -2.35. The third kappa shape index (κ3) is 4.65. The van der Waals surface area contributed by atoms with E-state index in [-0.39, 0.29) is 29.5 Å². The predicted molar refractivity (Wildman–Crippen MR) is 109 cm³/mol. The number of esters is 2. The van der Waals surface area contributed by atoms with Gasteiger partial charge in [-0.2, -0.15) is 9.97 Å². The molecular formula is C19H24FN5O8. The van der Waals surface area contributed by atoms with Gasteiger partial charge in [-0.05, 0) is 6.42 Å². The van der Waals surface area contributed by atoms with Crippen molar-refractivity contribution >= 4 is 35.0 Å². The molecule has 1 N–H and O–H groups in total. The second kappa shape index (κ2) is 9.52. The number of nitrogens with one attached hydrogen (secondary N) is 1. The second-order valence-corrected chi connectivity index (χ2v) is 7.24. The smallest absolute Gasteiger partial charge is 0.332 e. The molecule has 1 fully saturated rings. The van der Waals surface area contributed by atoms with E-state index in [1.165, 1.54) is 18.6 Å². The molecule has 2 aromatic heterocycles. The van der Waals surface area contributed by atoms with Crippen LogP contribution in [0.3, 0.4) is 0 Å². The van der Waals surface area contributed by atoms with Crippen molar-refractivity contribution in [3.63, 3.8) is 0 Å². The van der Waals surface area contributed by atoms with E-state index in [9.17, 15) is 19.2 Å². The van der Waals surface area contributed by atoms with Gasteiger partial charge < -0.3 is 18.9 Å². The normalized spacial score (nSPS) is 22.2. The van der Waals surface area contributed by atoms with Gasteiger partial charge in [-0.25, -0.2) is 13.8 Å². The molecule has 180 valence electrons. The molecule has 14 heteroatoms. The van der Waals surface area contributed by atoms with Crippen LogP contribution < -0.4 is 15.7 Å². The summed E-state index contributed by atoms with van der Waals surface area (Å²) >= 11 is 0. The first-order valence-electron chi connectivity index (χ1n) is 10.1. The van der Waals surface area contributed by atoms with E-state index in [1.807, 2.05) is 6.92 Å². The zero-order chi connectivity index (χ0) is 24.4. The average molecular weight is 469 g/mol. The minimum atomic E-state index is -2.09. The molecule has 33 heavy (non-hydrogen) atoms. The molecule has 1 aliphatic heterocycles. The highest BCUT2D eigenvalue weighted by molar-refractivity contribution is 5.88. The number of rotatable bonds is 7. The van der Waals surface area contributed by atoms with E-state index in [1.54, 1.807) is 0 Å². The first kappa shape index (κ1) is 24.1. The standard InChI is InChI=1S/C19H24FN5O8/c1-6-7-24-12-14(22-18(21-8(2)26)23-15(12)30-5)25(19(24)29)16-13(31-9(3)27)11(20)17(33-16)32-10(4)28/h11,13,16-17H,6-7H2,1-5H3,(H,21,22,23,26)/t11-,13+,16+,17-/m0/s1. The highest BCUT2D eigenvalue weighted by atomic mass is 19.1. The van der Waals surface area contributed by atoms with Crippen LogP contribution in [0, 0.1) is 0 Å². The number of aromatic nitrogens is 4. The number of halogens is 1. The van der Waals surface area contributed by atoms with E-state index >= 15 is 4.39 Å². The number of alkyl halides is 1. The highest BCUT2D eigenvalue weighted by Gasteiger charge is 2.52. The molecule has 1 amide bonds. The van der Waals surface area contributed by atoms with Gasteiger partial charge in [0.1, 0.15) is 0 Å². The van der Waals surface area contributed by atoms with E-state index in [4.69, 9.17) is 18.9 Å². The fraction of sp³-hybridized carbons (Fsp3) is 0.579. The predicted octanol–water partition coefficient (Wildman–Crippen LogP) is 0.658. The van der Waals surface area contributed by atoms with Gasteiger partial charge >= 0.3 is 17.6 Å². The molecule has 3 rings (SSSR count). The van der Waals surface area contributed by atoms with Gasteiger partial charge in [-0.1, -0.05) is 6.92 Å². The number of aryl methyl sites for hydroxylation is 1. The molecule has 0 aromatic carbocycles. The molecule has 13 nitrogen and oxygen atoms in total. The van der Waals surface area contributed by atoms with Gasteiger partial charge in [0, 0.05) is 27.3 Å². The van der Waals surface area contributed by atoms with Crippen molar-refractivity contribution in [1.82, 2.24) is 19.1 Å². The molecule has 0 bridgehead atoms. The van der Waals surface area contributed by atoms with Crippen LogP contribution in [0.4, 0.5) is 10.3 Å². The lowest BCUT2D eigenvalue weighted by atomic mass is 10.2. The summed E-state index contributed by atoms with van der Waals surface area (Å²) in [6.45, 7) is 5.41. The minimum Gasteiger partial charge on any atom is -0.479 e. The summed E-state index contributed by atoms with van der Waals surface area (Å²) in [4.78, 5) is 56.3. The van der Waals surface area contributed by atoms with Crippen LogP contribution in [-0.2, 0) is 35.1 Å². The third-order valence-electron chi connectivity index (χ3n) is 4.66. The van der Waals surface area contributed by atoms with Crippen LogP contribution in [-0.4, -0.2) is 62.6 Å². The first-order chi connectivity index (χ1) is 15.6. The van der Waals surface area contributed by atoms with Crippen LogP contribution in [0.2, 0.25) is 0 Å². The van der Waals surface area contributed by atoms with Crippen molar-refractivity contribution in [2.75, 3.05) is 12.4 Å². The number of methoxy groups -OCH3 is 1. The van der Waals surface area contributed by atoms with E-state index < -0.39 is 48.3 Å². The lowest BCUT2D eigenvalue weighted by Gasteiger charge is -2.19. The van der Waals surface area contributed by atoms with Crippen LogP contribution in [0.1, 0.15) is 40.3 Å². The molecule has 1 aliphatic rings. The van der Waals surface area contributed by atoms with Gasteiger partial charge in [-0.3, -0.25) is 24.3 Å². The first-order valence-corrected chi connectivity index (χ1v) is 10.1. The number of hydrogen-bond acceptors (Lipinski definition) is 10. The summed E-state index contributed by atoms with van der Waals surface area (Å²) in [7, 11) is 1.32. The Balaban J connectivity index is 2.27. The monoisotopic (exact) mass is 469 g/mol. The Morgan fingerprint density at radius 3 is 2.36 bits per heavy atom. The summed E-state index contributed by atoms with van der Waals surface area (Å²) in [5, 5.41) is 2.40. The van der Waals surface area contributed by atoms with Crippen LogP contribution in [0.5, 0.6) is 5.88 Å². The van der Waals surface area contributed by atoms with Crippen molar-refractivity contribution in [2.45, 2.75) is 65.5 Å². The largest absolute Gasteiger partial charge is 0.479 e. The minimum absolute atomic E-state index is 0.0246. The zero-order valence-corrected chi connectivity index (χ0v) is 18.7. The number of imidazole rings is 1. The Bertz CT molecular complexity index is 1150. The van der Waals surface area contributed by atoms with E-state index in [2.05, 4.69) is 15.3 Å². The topological polar surface area (TPSA) is 153 Å². The molecule has 0 spiro atoms. The number of fused-ring (bicyclic) bond motifs is 1. The molecule has 0 aliphatic carbocycles. The summed E-state index contributed by atoms with van der Waals surface area (Å²) in [5.41, 5.74) is -0.589. The fourth-order valence-electron chi connectivity index (χ4n) is 3.54. The molecular weight excluding hydrogens is 445 g/mol. The maximum absolute atomic E-state index is 15.1. The summed E-state index contributed by atoms with van der Waals surface area (Å²) in [6, 6.07) is 0. The Labute approximate surface area is 186 Å². The molecule has 0 unspecified atom stereocenters. The molecule has 0 radical (unpaired) electrons. The lowest BCUT2D eigenvalue weighted by Crippen LogP contribution is -2.37. The van der Waals surface area contributed by atoms with Crippen LogP contribution in [0.25, 0.3) is 11.2 Å². The van der Waals surface area contributed by atoms with Crippen molar-refractivity contribution < 1.29 is 37.7 Å². The number of carbonyl (C=O) groups is 3. The Hall–Kier alpha value is -3.55. The molecule has 2 aromatic rings. The maximum atomic E-state index is 15.1. The van der Waals surface area contributed by atoms with Crippen molar-refractivity contribution in [3.8, 4) is 5.88 Å². The average Bonchev–Trinajstić information content (AvgIpc) is 3.15. The lowest BCUT2D eigenvalue weighted by molar-refractivity contribution is -0.186. The number of nitrogens with zero attached hydrogens (tertiary/aromatic N) is 4. The van der Waals surface area contributed by atoms with Gasteiger partial charge in [0.05, 0.1) is 7.11 Å². The second-order valence-electron chi connectivity index (χ2n) is 7.24. The summed E-state index contributed by atoms with van der Waals surface area (Å²) < 4.78 is 38.1. The molecule has 3 heterocycles. The van der Waals surface area contributed by atoms with Crippen molar-refractivity contribution in [2.24, 2.45) is 0 Å². The number of ether oxygens (including phenoxy) is 4. The molecule has 4 atom stereocenters. The quantitative estimate of drug-likeness (QED) is 0.572. The van der Waals surface area contributed by atoms with Crippen LogP contribution in [0.15, 0.2) is 4.79 Å². The molecule has 0 saturated carbocycles. The number of hydrogen-bond donors (Lipinski definition) is 1. The van der Waals surface area contributed by atoms with Gasteiger partial charge in [0.2, 0.25) is 30.2 Å². The number of carbonyl (C=O) groups excluding carboxylic acids is 3. The van der Waals surface area contributed by atoms with Crippen molar-refractivity contribution in [3.05, 3.63) is 10.5 Å². The van der Waals surface area contributed by atoms with Crippen molar-refractivity contribution in [1.29, 1.82) is 0 Å². The maximum Gasteiger partial charge on any atom is 0.332 e.